The molecule has 1 aliphatic rings. The van der Waals surface area contributed by atoms with Crippen molar-refractivity contribution in [1.29, 1.82) is 0 Å². The van der Waals surface area contributed by atoms with E-state index in [-0.39, 0.29) is 15.3 Å². The Hall–Kier alpha value is -0.780. The third kappa shape index (κ3) is 3.20. The third-order valence-electron chi connectivity index (χ3n) is 4.86. The second-order valence-corrected chi connectivity index (χ2v) is 8.11. The maximum atomic E-state index is 12.7. The molecule has 1 heterocycles. The number of nitrogens with two attached hydrogens (primary N) is 1. The van der Waals surface area contributed by atoms with Gasteiger partial charge in [0.15, 0.2) is 0 Å². The highest BCUT2D eigenvalue weighted by atomic mass is 35.5. The van der Waals surface area contributed by atoms with Crippen molar-refractivity contribution >= 4 is 27.3 Å². The Bertz CT molecular complexity index is 602. The summed E-state index contributed by atoms with van der Waals surface area (Å²) in [5.74, 6) is 0. The molecule has 1 fully saturated rings. The fourth-order valence-corrected chi connectivity index (χ4v) is 4.97. The number of halogens is 1. The van der Waals surface area contributed by atoms with E-state index in [1.165, 1.54) is 16.4 Å². The van der Waals surface area contributed by atoms with E-state index in [1.807, 2.05) is 0 Å². The summed E-state index contributed by atoms with van der Waals surface area (Å²) in [4.78, 5) is 0.115. The van der Waals surface area contributed by atoms with Crippen LogP contribution in [0, 0.1) is 5.41 Å². The van der Waals surface area contributed by atoms with Gasteiger partial charge >= 0.3 is 0 Å². The lowest BCUT2D eigenvalue weighted by atomic mass is 9.75. The molecule has 0 bridgehead atoms. The largest absolute Gasteiger partial charge is 0.399 e. The second kappa shape index (κ2) is 6.15. The third-order valence-corrected chi connectivity index (χ3v) is 7.24. The molecule has 0 radical (unpaired) electrons. The zero-order valence-electron chi connectivity index (χ0n) is 12.6. The van der Waals surface area contributed by atoms with Gasteiger partial charge in [0.2, 0.25) is 10.0 Å². The maximum absolute atomic E-state index is 12.7. The Kier molecular flexibility index (Phi) is 4.85. The number of hydrogen-bond donors (Lipinski definition) is 1. The standard InChI is InChI=1S/C15H23ClN2O2S/c1-3-15(4-2)7-9-18(10-8-15)21(19,20)14-11-12(17)5-6-13(14)16/h5-6,11H,3-4,7-10,17H2,1-2H3. The number of benzene rings is 1. The molecule has 0 amide bonds. The van der Waals surface area contributed by atoms with Gasteiger partial charge in [-0.1, -0.05) is 38.3 Å². The Morgan fingerprint density at radius 1 is 1.24 bits per heavy atom. The molecule has 0 aliphatic carbocycles. The van der Waals surface area contributed by atoms with Gasteiger partial charge in [0.1, 0.15) is 4.90 Å². The van der Waals surface area contributed by atoms with Gasteiger partial charge in [-0.3, -0.25) is 0 Å². The fourth-order valence-electron chi connectivity index (χ4n) is 3.01. The zero-order chi connectivity index (χ0) is 15.7. The molecule has 1 aliphatic heterocycles. The van der Waals surface area contributed by atoms with Crippen molar-refractivity contribution in [3.63, 3.8) is 0 Å². The van der Waals surface area contributed by atoms with Crippen molar-refractivity contribution < 1.29 is 8.42 Å². The lowest BCUT2D eigenvalue weighted by Crippen LogP contribution is -2.42. The predicted octanol–water partition coefficient (Wildman–Crippen LogP) is 3.51. The SMILES string of the molecule is CCC1(CC)CCN(S(=O)(=O)c2cc(N)ccc2Cl)CC1. The van der Waals surface area contributed by atoms with Crippen LogP contribution in [0.3, 0.4) is 0 Å². The van der Waals surface area contributed by atoms with Crippen LogP contribution in [0.2, 0.25) is 5.02 Å². The molecule has 0 aromatic heterocycles. The van der Waals surface area contributed by atoms with Gasteiger partial charge < -0.3 is 5.73 Å². The molecule has 4 nitrogen and oxygen atoms in total. The topological polar surface area (TPSA) is 63.4 Å². The summed E-state index contributed by atoms with van der Waals surface area (Å²) in [5, 5.41) is 0.229. The minimum atomic E-state index is -3.56. The van der Waals surface area contributed by atoms with E-state index in [2.05, 4.69) is 13.8 Å². The number of piperidine rings is 1. The van der Waals surface area contributed by atoms with E-state index >= 15 is 0 Å². The molecule has 0 unspecified atom stereocenters. The Morgan fingerprint density at radius 3 is 2.33 bits per heavy atom. The molecule has 21 heavy (non-hydrogen) atoms. The summed E-state index contributed by atoms with van der Waals surface area (Å²) in [5.41, 5.74) is 6.39. The van der Waals surface area contributed by atoms with E-state index in [0.717, 1.165) is 25.7 Å². The lowest BCUT2D eigenvalue weighted by molar-refractivity contribution is 0.141. The molecule has 0 saturated carbocycles. The minimum Gasteiger partial charge on any atom is -0.399 e. The van der Waals surface area contributed by atoms with Crippen molar-refractivity contribution in [3.05, 3.63) is 23.2 Å². The highest BCUT2D eigenvalue weighted by Gasteiger charge is 2.36. The van der Waals surface area contributed by atoms with Gasteiger partial charge in [0.05, 0.1) is 5.02 Å². The average Bonchev–Trinajstić information content (AvgIpc) is 2.49. The summed E-state index contributed by atoms with van der Waals surface area (Å²) < 4.78 is 27.0. The van der Waals surface area contributed by atoms with Crippen LogP contribution in [-0.4, -0.2) is 25.8 Å². The van der Waals surface area contributed by atoms with E-state index < -0.39 is 10.0 Å². The highest BCUT2D eigenvalue weighted by molar-refractivity contribution is 7.89. The summed E-state index contributed by atoms with van der Waals surface area (Å²) in [6.45, 7) is 5.47. The van der Waals surface area contributed by atoms with Gasteiger partial charge in [-0.05, 0) is 36.5 Å². The minimum absolute atomic E-state index is 0.115. The van der Waals surface area contributed by atoms with Crippen molar-refractivity contribution in [1.82, 2.24) is 4.31 Å². The monoisotopic (exact) mass is 330 g/mol. The average molecular weight is 331 g/mol. The summed E-state index contributed by atoms with van der Waals surface area (Å²) >= 11 is 6.05. The molecule has 2 rings (SSSR count). The normalized spacial score (nSPS) is 19.6. The first-order chi connectivity index (χ1) is 9.84. The van der Waals surface area contributed by atoms with Crippen molar-refractivity contribution in [2.24, 2.45) is 5.41 Å². The van der Waals surface area contributed by atoms with Crippen molar-refractivity contribution in [2.75, 3.05) is 18.8 Å². The van der Waals surface area contributed by atoms with Crippen LogP contribution >= 0.6 is 11.6 Å². The molecule has 1 saturated heterocycles. The molecule has 0 spiro atoms. The first-order valence-corrected chi connectivity index (χ1v) is 9.21. The Balaban J connectivity index is 2.24. The van der Waals surface area contributed by atoms with Gasteiger partial charge in [-0.15, -0.1) is 0 Å². The number of sulfonamides is 1. The predicted molar refractivity (Wildman–Crippen MR) is 86.9 cm³/mol. The maximum Gasteiger partial charge on any atom is 0.244 e. The second-order valence-electron chi connectivity index (χ2n) is 5.80. The first-order valence-electron chi connectivity index (χ1n) is 7.40. The van der Waals surface area contributed by atoms with Crippen LogP contribution in [-0.2, 0) is 10.0 Å². The van der Waals surface area contributed by atoms with Crippen molar-refractivity contribution in [3.8, 4) is 0 Å². The summed E-state index contributed by atoms with van der Waals surface area (Å²) in [6, 6.07) is 4.59. The molecule has 6 heteroatoms. The van der Waals surface area contributed by atoms with Gasteiger partial charge in [-0.2, -0.15) is 4.31 Å². The number of nitrogens with zero attached hydrogens (tertiary/aromatic N) is 1. The Labute approximate surface area is 132 Å². The smallest absolute Gasteiger partial charge is 0.244 e. The molecular weight excluding hydrogens is 308 g/mol. The first kappa shape index (κ1) is 16.6. The fraction of sp³-hybridized carbons (Fsp3) is 0.600. The van der Waals surface area contributed by atoms with Gasteiger partial charge in [0.25, 0.3) is 0 Å². The van der Waals surface area contributed by atoms with Crippen LogP contribution in [0.15, 0.2) is 23.1 Å². The van der Waals surface area contributed by atoms with Crippen molar-refractivity contribution in [2.45, 2.75) is 44.4 Å². The van der Waals surface area contributed by atoms with Crippen LogP contribution in [0.5, 0.6) is 0 Å². The molecule has 0 atom stereocenters. The Morgan fingerprint density at radius 2 is 1.81 bits per heavy atom. The van der Waals surface area contributed by atoms with E-state index in [4.69, 9.17) is 17.3 Å². The molecule has 2 N–H and O–H groups in total. The molecule has 118 valence electrons. The van der Waals surface area contributed by atoms with Gasteiger partial charge in [0, 0.05) is 18.8 Å². The van der Waals surface area contributed by atoms with Crippen LogP contribution in [0.4, 0.5) is 5.69 Å². The van der Waals surface area contributed by atoms with Crippen LogP contribution in [0.1, 0.15) is 39.5 Å². The summed E-state index contributed by atoms with van der Waals surface area (Å²) in [7, 11) is -3.56. The molecule has 1 aromatic carbocycles. The van der Waals surface area contributed by atoms with Crippen LogP contribution in [0.25, 0.3) is 0 Å². The quantitative estimate of drug-likeness (QED) is 0.859. The van der Waals surface area contributed by atoms with E-state index in [9.17, 15) is 8.42 Å². The molecular formula is C15H23ClN2O2S. The van der Waals surface area contributed by atoms with E-state index in [0.29, 0.717) is 18.8 Å². The zero-order valence-corrected chi connectivity index (χ0v) is 14.2. The highest BCUT2D eigenvalue weighted by Crippen LogP contribution is 2.39. The number of nitrogen functional groups attached to an aromatic ring is 1. The van der Waals surface area contributed by atoms with E-state index in [1.54, 1.807) is 6.07 Å². The number of hydrogen-bond acceptors (Lipinski definition) is 3. The molecule has 1 aromatic rings. The number of rotatable bonds is 4. The lowest BCUT2D eigenvalue weighted by Gasteiger charge is -2.40. The number of anilines is 1. The summed E-state index contributed by atoms with van der Waals surface area (Å²) in [6.07, 6.45) is 3.99. The van der Waals surface area contributed by atoms with Gasteiger partial charge in [-0.25, -0.2) is 8.42 Å². The van der Waals surface area contributed by atoms with Crippen LogP contribution < -0.4 is 5.73 Å².